The maximum atomic E-state index is 11.1. The van der Waals surface area contributed by atoms with E-state index in [1.807, 2.05) is 30.3 Å². The lowest BCUT2D eigenvalue weighted by molar-refractivity contribution is -0.148. The summed E-state index contributed by atoms with van der Waals surface area (Å²) in [7, 11) is 0. The fourth-order valence-electron chi connectivity index (χ4n) is 3.03. The van der Waals surface area contributed by atoms with Crippen molar-refractivity contribution < 1.29 is 15.0 Å². The van der Waals surface area contributed by atoms with Crippen LogP contribution in [0.3, 0.4) is 0 Å². The predicted octanol–water partition coefficient (Wildman–Crippen LogP) is 2.80. The molecule has 0 amide bonds. The summed E-state index contributed by atoms with van der Waals surface area (Å²) in [6.07, 6.45) is 4.24. The Kier molecular flexibility index (Phi) is 4.37. The highest BCUT2D eigenvalue weighted by Crippen LogP contribution is 2.38. The van der Waals surface area contributed by atoms with Gasteiger partial charge in [-0.25, -0.2) is 4.79 Å². The van der Waals surface area contributed by atoms with Crippen LogP contribution in [0, 0.1) is 5.92 Å². The predicted molar refractivity (Wildman–Crippen MR) is 69.4 cm³/mol. The molecule has 1 fully saturated rings. The maximum Gasteiger partial charge on any atom is 0.333 e. The summed E-state index contributed by atoms with van der Waals surface area (Å²) in [5.41, 5.74) is 0.944. The summed E-state index contributed by atoms with van der Waals surface area (Å²) in [4.78, 5) is 11.1. The lowest BCUT2D eigenvalue weighted by atomic mass is 9.74. The molecule has 2 rings (SSSR count). The molecule has 1 aliphatic rings. The number of aliphatic hydroxyl groups is 1. The molecule has 1 aliphatic carbocycles. The van der Waals surface area contributed by atoms with Crippen molar-refractivity contribution in [3.63, 3.8) is 0 Å². The van der Waals surface area contributed by atoms with E-state index in [0.717, 1.165) is 31.2 Å². The molecule has 0 saturated heterocycles. The number of rotatable bonds is 4. The Hall–Kier alpha value is -1.35. The molecule has 1 saturated carbocycles. The number of aliphatic hydroxyl groups excluding tert-OH is 1. The van der Waals surface area contributed by atoms with Gasteiger partial charge in [-0.15, -0.1) is 0 Å². The highest BCUT2D eigenvalue weighted by atomic mass is 16.4. The van der Waals surface area contributed by atoms with Gasteiger partial charge in [0.15, 0.2) is 6.10 Å². The molecule has 2 unspecified atom stereocenters. The molecule has 0 bridgehead atoms. The number of benzene rings is 1. The van der Waals surface area contributed by atoms with Crippen LogP contribution in [-0.4, -0.2) is 22.3 Å². The van der Waals surface area contributed by atoms with Crippen LogP contribution in [-0.2, 0) is 4.79 Å². The SMILES string of the molecule is O=C(O)C(O)C(c1ccccc1)C1CCCCC1. The largest absolute Gasteiger partial charge is 0.479 e. The minimum absolute atomic E-state index is 0.274. The van der Waals surface area contributed by atoms with Gasteiger partial charge in [0.2, 0.25) is 0 Å². The second-order valence-corrected chi connectivity index (χ2v) is 5.12. The first-order valence-electron chi connectivity index (χ1n) is 6.66. The number of aliphatic carboxylic acids is 1. The van der Waals surface area contributed by atoms with Crippen molar-refractivity contribution in [2.75, 3.05) is 0 Å². The van der Waals surface area contributed by atoms with Crippen LogP contribution in [0.25, 0.3) is 0 Å². The lowest BCUT2D eigenvalue weighted by Crippen LogP contribution is -2.33. The average molecular weight is 248 g/mol. The Morgan fingerprint density at radius 2 is 1.72 bits per heavy atom. The Morgan fingerprint density at radius 3 is 2.28 bits per heavy atom. The van der Waals surface area contributed by atoms with Crippen LogP contribution in [0.5, 0.6) is 0 Å². The molecule has 2 atom stereocenters. The van der Waals surface area contributed by atoms with E-state index in [9.17, 15) is 9.90 Å². The van der Waals surface area contributed by atoms with Gasteiger partial charge in [-0.2, -0.15) is 0 Å². The van der Waals surface area contributed by atoms with Crippen LogP contribution in [0.2, 0.25) is 0 Å². The molecule has 0 aromatic heterocycles. The average Bonchev–Trinajstić information content (AvgIpc) is 2.41. The second-order valence-electron chi connectivity index (χ2n) is 5.12. The maximum absolute atomic E-state index is 11.1. The van der Waals surface area contributed by atoms with Gasteiger partial charge in [0.1, 0.15) is 0 Å². The Morgan fingerprint density at radius 1 is 1.11 bits per heavy atom. The van der Waals surface area contributed by atoms with Gasteiger partial charge in [0.05, 0.1) is 0 Å². The van der Waals surface area contributed by atoms with Crippen LogP contribution >= 0.6 is 0 Å². The molecule has 3 heteroatoms. The third kappa shape index (κ3) is 2.91. The minimum atomic E-state index is -1.30. The normalized spacial score (nSPS) is 20.3. The number of carboxylic acid groups (broad SMARTS) is 1. The quantitative estimate of drug-likeness (QED) is 0.861. The first-order chi connectivity index (χ1) is 8.70. The van der Waals surface area contributed by atoms with Gasteiger partial charge < -0.3 is 10.2 Å². The highest BCUT2D eigenvalue weighted by molar-refractivity contribution is 5.73. The fourth-order valence-corrected chi connectivity index (χ4v) is 3.03. The summed E-state index contributed by atoms with van der Waals surface area (Å²) in [6.45, 7) is 0. The van der Waals surface area contributed by atoms with Gasteiger partial charge >= 0.3 is 5.97 Å². The third-order valence-electron chi connectivity index (χ3n) is 3.94. The lowest BCUT2D eigenvalue weighted by Gasteiger charge is -2.32. The first kappa shape index (κ1) is 13.1. The first-order valence-corrected chi connectivity index (χ1v) is 6.66. The Bertz CT molecular complexity index is 382. The van der Waals surface area contributed by atoms with E-state index in [1.165, 1.54) is 6.42 Å². The third-order valence-corrected chi connectivity index (χ3v) is 3.94. The van der Waals surface area contributed by atoms with Crippen molar-refractivity contribution in [3.05, 3.63) is 35.9 Å². The van der Waals surface area contributed by atoms with E-state index in [4.69, 9.17) is 5.11 Å². The monoisotopic (exact) mass is 248 g/mol. The Balaban J connectivity index is 2.25. The number of carboxylic acids is 1. The summed E-state index contributed by atoms with van der Waals surface area (Å²) >= 11 is 0. The number of carbonyl (C=O) groups is 1. The van der Waals surface area contributed by atoms with Crippen LogP contribution in [0.4, 0.5) is 0 Å². The van der Waals surface area contributed by atoms with Gasteiger partial charge in [-0.3, -0.25) is 0 Å². The minimum Gasteiger partial charge on any atom is -0.479 e. The van der Waals surface area contributed by atoms with Crippen molar-refractivity contribution in [2.24, 2.45) is 5.92 Å². The van der Waals surface area contributed by atoms with Gasteiger partial charge in [0, 0.05) is 5.92 Å². The van der Waals surface area contributed by atoms with E-state index in [1.54, 1.807) is 0 Å². The molecule has 1 aromatic rings. The zero-order valence-electron chi connectivity index (χ0n) is 10.5. The molecule has 0 aliphatic heterocycles. The van der Waals surface area contributed by atoms with E-state index in [2.05, 4.69) is 0 Å². The summed E-state index contributed by atoms with van der Waals surface area (Å²) in [6, 6.07) is 9.56. The van der Waals surface area contributed by atoms with Crippen molar-refractivity contribution in [3.8, 4) is 0 Å². The van der Waals surface area contributed by atoms with Crippen LogP contribution < -0.4 is 0 Å². The smallest absolute Gasteiger partial charge is 0.333 e. The highest BCUT2D eigenvalue weighted by Gasteiger charge is 2.34. The summed E-state index contributed by atoms with van der Waals surface area (Å²) in [5.74, 6) is -1.11. The van der Waals surface area contributed by atoms with E-state index in [0.29, 0.717) is 0 Å². The molecular formula is C15H20O3. The van der Waals surface area contributed by atoms with E-state index < -0.39 is 12.1 Å². The van der Waals surface area contributed by atoms with Crippen molar-refractivity contribution in [1.82, 2.24) is 0 Å². The van der Waals surface area contributed by atoms with Gasteiger partial charge in [0.25, 0.3) is 0 Å². The van der Waals surface area contributed by atoms with Crippen LogP contribution in [0.1, 0.15) is 43.6 Å². The van der Waals surface area contributed by atoms with Gasteiger partial charge in [-0.1, -0.05) is 49.6 Å². The standard InChI is InChI=1S/C15H20O3/c16-14(15(17)18)13(11-7-3-1-4-8-11)12-9-5-2-6-10-12/h1,3-4,7-8,12-14,16H,2,5-6,9-10H2,(H,17,18). The summed E-state index contributed by atoms with van der Waals surface area (Å²) < 4.78 is 0. The number of hydrogen-bond donors (Lipinski definition) is 2. The second kappa shape index (κ2) is 6.01. The van der Waals surface area contributed by atoms with Crippen LogP contribution in [0.15, 0.2) is 30.3 Å². The van der Waals surface area contributed by atoms with Crippen molar-refractivity contribution in [2.45, 2.75) is 44.1 Å². The molecular weight excluding hydrogens is 228 g/mol. The van der Waals surface area contributed by atoms with E-state index in [-0.39, 0.29) is 11.8 Å². The molecule has 0 spiro atoms. The molecule has 0 radical (unpaired) electrons. The molecule has 18 heavy (non-hydrogen) atoms. The summed E-state index contributed by atoms with van der Waals surface area (Å²) in [5, 5.41) is 19.1. The molecule has 3 nitrogen and oxygen atoms in total. The van der Waals surface area contributed by atoms with Gasteiger partial charge in [-0.05, 0) is 24.3 Å². The molecule has 98 valence electrons. The molecule has 1 aromatic carbocycles. The molecule has 0 heterocycles. The zero-order valence-corrected chi connectivity index (χ0v) is 10.5. The van der Waals surface area contributed by atoms with Crippen molar-refractivity contribution >= 4 is 5.97 Å². The van der Waals surface area contributed by atoms with Crippen molar-refractivity contribution in [1.29, 1.82) is 0 Å². The van der Waals surface area contributed by atoms with E-state index >= 15 is 0 Å². The number of hydrogen-bond acceptors (Lipinski definition) is 2. The zero-order chi connectivity index (χ0) is 13.0. The molecule has 2 N–H and O–H groups in total. The fraction of sp³-hybridized carbons (Fsp3) is 0.533. The topological polar surface area (TPSA) is 57.5 Å². The Labute approximate surface area is 107 Å².